The average Bonchev–Trinajstić information content (AvgIpc) is 1.98. The SMILES string of the molecule is C=COc1ccc(F)c(Cl)c1. The summed E-state index contributed by atoms with van der Waals surface area (Å²) in [7, 11) is 0. The molecule has 0 fully saturated rings. The molecule has 3 heteroatoms. The fourth-order valence-electron chi connectivity index (χ4n) is 0.646. The van der Waals surface area contributed by atoms with Gasteiger partial charge in [0.05, 0.1) is 11.3 Å². The summed E-state index contributed by atoms with van der Waals surface area (Å²) in [5.74, 6) is 0.0227. The number of halogens is 2. The van der Waals surface area contributed by atoms with Crippen molar-refractivity contribution >= 4 is 11.6 Å². The fraction of sp³-hybridized carbons (Fsp3) is 0. The highest BCUT2D eigenvalue weighted by Crippen LogP contribution is 2.20. The van der Waals surface area contributed by atoms with E-state index in [-0.39, 0.29) is 5.02 Å². The first-order valence-electron chi connectivity index (χ1n) is 2.96. The Balaban J connectivity index is 2.95. The van der Waals surface area contributed by atoms with Crippen LogP contribution in [0, 0.1) is 5.82 Å². The minimum atomic E-state index is -0.455. The van der Waals surface area contributed by atoms with Crippen molar-refractivity contribution in [3.05, 3.63) is 41.9 Å². The topological polar surface area (TPSA) is 9.23 Å². The van der Waals surface area contributed by atoms with Crippen LogP contribution in [0.3, 0.4) is 0 Å². The molecular formula is C8H6ClFO. The van der Waals surface area contributed by atoms with E-state index in [0.717, 1.165) is 0 Å². The van der Waals surface area contributed by atoms with Crippen LogP contribution in [0.2, 0.25) is 5.02 Å². The van der Waals surface area contributed by atoms with Gasteiger partial charge in [0.15, 0.2) is 0 Å². The molecule has 0 aliphatic heterocycles. The van der Waals surface area contributed by atoms with E-state index in [1.165, 1.54) is 24.5 Å². The molecule has 11 heavy (non-hydrogen) atoms. The van der Waals surface area contributed by atoms with Gasteiger partial charge in [-0.3, -0.25) is 0 Å². The van der Waals surface area contributed by atoms with Gasteiger partial charge in [-0.1, -0.05) is 18.2 Å². The van der Waals surface area contributed by atoms with E-state index in [4.69, 9.17) is 16.3 Å². The zero-order valence-electron chi connectivity index (χ0n) is 5.68. The first-order chi connectivity index (χ1) is 5.24. The Morgan fingerprint density at radius 3 is 2.82 bits per heavy atom. The second-order valence-electron chi connectivity index (χ2n) is 1.86. The van der Waals surface area contributed by atoms with Crippen LogP contribution in [0.15, 0.2) is 31.0 Å². The molecule has 0 radical (unpaired) electrons. The Morgan fingerprint density at radius 2 is 2.27 bits per heavy atom. The van der Waals surface area contributed by atoms with Crippen LogP contribution in [-0.4, -0.2) is 0 Å². The molecule has 0 atom stereocenters. The van der Waals surface area contributed by atoms with E-state index in [1.54, 1.807) is 0 Å². The van der Waals surface area contributed by atoms with Gasteiger partial charge in [-0.25, -0.2) is 4.39 Å². The van der Waals surface area contributed by atoms with Crippen LogP contribution in [0.25, 0.3) is 0 Å². The minimum absolute atomic E-state index is 0.0457. The van der Waals surface area contributed by atoms with Gasteiger partial charge in [-0.2, -0.15) is 0 Å². The number of rotatable bonds is 2. The smallest absolute Gasteiger partial charge is 0.142 e. The van der Waals surface area contributed by atoms with Crippen molar-refractivity contribution in [1.29, 1.82) is 0 Å². The van der Waals surface area contributed by atoms with Crippen LogP contribution >= 0.6 is 11.6 Å². The number of benzene rings is 1. The summed E-state index contributed by atoms with van der Waals surface area (Å²) in [6.45, 7) is 3.35. The molecule has 0 unspecified atom stereocenters. The van der Waals surface area contributed by atoms with Crippen molar-refractivity contribution in [3.8, 4) is 5.75 Å². The van der Waals surface area contributed by atoms with Crippen LogP contribution in [0.1, 0.15) is 0 Å². The molecule has 0 N–H and O–H groups in total. The quantitative estimate of drug-likeness (QED) is 0.624. The molecule has 1 rings (SSSR count). The predicted octanol–water partition coefficient (Wildman–Crippen LogP) is 3.00. The zero-order valence-corrected chi connectivity index (χ0v) is 6.44. The average molecular weight is 173 g/mol. The maximum absolute atomic E-state index is 12.5. The third kappa shape index (κ3) is 1.95. The molecule has 0 spiro atoms. The number of hydrogen-bond acceptors (Lipinski definition) is 1. The van der Waals surface area contributed by atoms with Crippen LogP contribution in [0.5, 0.6) is 5.75 Å². The van der Waals surface area contributed by atoms with Gasteiger partial charge < -0.3 is 4.74 Å². The van der Waals surface area contributed by atoms with E-state index in [2.05, 4.69) is 6.58 Å². The highest BCUT2D eigenvalue weighted by molar-refractivity contribution is 6.30. The van der Waals surface area contributed by atoms with Crippen molar-refractivity contribution in [1.82, 2.24) is 0 Å². The maximum atomic E-state index is 12.5. The molecule has 0 aliphatic carbocycles. The normalized spacial score (nSPS) is 9.27. The van der Waals surface area contributed by atoms with Crippen LogP contribution < -0.4 is 4.74 Å². The maximum Gasteiger partial charge on any atom is 0.142 e. The van der Waals surface area contributed by atoms with E-state index < -0.39 is 5.82 Å². The monoisotopic (exact) mass is 172 g/mol. The summed E-state index contributed by atoms with van der Waals surface area (Å²) in [5.41, 5.74) is 0. The number of hydrogen-bond donors (Lipinski definition) is 0. The minimum Gasteiger partial charge on any atom is -0.466 e. The standard InChI is InChI=1S/C8H6ClFO/c1-2-11-6-3-4-8(10)7(9)5-6/h2-5H,1H2. The highest BCUT2D eigenvalue weighted by atomic mass is 35.5. The summed E-state index contributed by atoms with van der Waals surface area (Å²) in [5, 5.41) is 0.0457. The Morgan fingerprint density at radius 1 is 1.55 bits per heavy atom. The third-order valence-electron chi connectivity index (χ3n) is 1.11. The van der Waals surface area contributed by atoms with E-state index in [9.17, 15) is 4.39 Å². The molecule has 0 heterocycles. The van der Waals surface area contributed by atoms with Crippen LogP contribution in [-0.2, 0) is 0 Å². The highest BCUT2D eigenvalue weighted by Gasteiger charge is 1.99. The largest absolute Gasteiger partial charge is 0.466 e. The van der Waals surface area contributed by atoms with Crippen LogP contribution in [0.4, 0.5) is 4.39 Å². The summed E-state index contributed by atoms with van der Waals surface area (Å²) < 4.78 is 17.4. The van der Waals surface area contributed by atoms with Gasteiger partial charge in [0.1, 0.15) is 11.6 Å². The third-order valence-corrected chi connectivity index (χ3v) is 1.40. The lowest BCUT2D eigenvalue weighted by Crippen LogP contribution is -1.82. The predicted molar refractivity (Wildman–Crippen MR) is 42.2 cm³/mol. The summed E-state index contributed by atoms with van der Waals surface area (Å²) in [6, 6.07) is 4.10. The van der Waals surface area contributed by atoms with Crippen molar-refractivity contribution in [3.63, 3.8) is 0 Å². The molecule has 0 aromatic heterocycles. The molecule has 1 aromatic rings. The number of ether oxygens (including phenoxy) is 1. The first kappa shape index (κ1) is 8.08. The van der Waals surface area contributed by atoms with Gasteiger partial charge in [0, 0.05) is 6.07 Å². The summed E-state index contributed by atoms with van der Waals surface area (Å²) in [4.78, 5) is 0. The first-order valence-corrected chi connectivity index (χ1v) is 3.34. The molecule has 0 aliphatic rings. The lowest BCUT2D eigenvalue weighted by Gasteiger charge is -1.99. The fourth-order valence-corrected chi connectivity index (χ4v) is 0.817. The summed E-state index contributed by atoms with van der Waals surface area (Å²) >= 11 is 5.46. The second-order valence-corrected chi connectivity index (χ2v) is 2.27. The Kier molecular flexibility index (Phi) is 2.49. The Hall–Kier alpha value is -1.02. The van der Waals surface area contributed by atoms with Gasteiger partial charge in [0.2, 0.25) is 0 Å². The van der Waals surface area contributed by atoms with Gasteiger partial charge in [-0.15, -0.1) is 0 Å². The van der Waals surface area contributed by atoms with Gasteiger partial charge in [0.25, 0.3) is 0 Å². The summed E-state index contributed by atoms with van der Waals surface area (Å²) in [6.07, 6.45) is 1.25. The molecule has 58 valence electrons. The molecule has 1 aromatic carbocycles. The van der Waals surface area contributed by atoms with Crippen molar-refractivity contribution in [2.45, 2.75) is 0 Å². The lowest BCUT2D eigenvalue weighted by molar-refractivity contribution is 0.481. The molecule has 0 saturated carbocycles. The van der Waals surface area contributed by atoms with E-state index in [1.807, 2.05) is 0 Å². The zero-order chi connectivity index (χ0) is 8.27. The Bertz CT molecular complexity index is 273. The van der Waals surface area contributed by atoms with Crippen molar-refractivity contribution < 1.29 is 9.13 Å². The van der Waals surface area contributed by atoms with Gasteiger partial charge in [-0.05, 0) is 12.1 Å². The van der Waals surface area contributed by atoms with E-state index >= 15 is 0 Å². The molecular weight excluding hydrogens is 167 g/mol. The van der Waals surface area contributed by atoms with E-state index in [0.29, 0.717) is 5.75 Å². The van der Waals surface area contributed by atoms with Gasteiger partial charge >= 0.3 is 0 Å². The molecule has 0 amide bonds. The Labute approximate surface area is 69.1 Å². The molecule has 1 nitrogen and oxygen atoms in total. The van der Waals surface area contributed by atoms with Crippen molar-refractivity contribution in [2.24, 2.45) is 0 Å². The molecule has 0 bridgehead atoms. The molecule has 0 saturated heterocycles. The second kappa shape index (κ2) is 3.39. The van der Waals surface area contributed by atoms with Crippen molar-refractivity contribution in [2.75, 3.05) is 0 Å². The lowest BCUT2D eigenvalue weighted by atomic mass is 10.3.